The highest BCUT2D eigenvalue weighted by Gasteiger charge is 2.30. The summed E-state index contributed by atoms with van der Waals surface area (Å²) in [6.07, 6.45) is -4.60. The molecule has 0 fully saturated rings. The molecule has 3 aromatic rings. The topological polar surface area (TPSA) is 49.4 Å². The number of carbonyl (C=O) groups is 2. The Balaban J connectivity index is 1.83. The normalized spacial score (nSPS) is 11.2. The second-order valence-corrected chi connectivity index (χ2v) is 7.51. The summed E-state index contributed by atoms with van der Waals surface area (Å²) >= 11 is 5.83. The molecule has 0 saturated carbocycles. The number of hydrogen-bond donors (Lipinski definition) is 1. The Kier molecular flexibility index (Phi) is 7.33. The van der Waals surface area contributed by atoms with E-state index in [0.29, 0.717) is 11.1 Å². The van der Waals surface area contributed by atoms with Gasteiger partial charge >= 0.3 is 6.18 Å². The van der Waals surface area contributed by atoms with Crippen LogP contribution in [0.15, 0.2) is 66.7 Å². The minimum absolute atomic E-state index is 0.0849. The zero-order valence-electron chi connectivity index (χ0n) is 16.8. The van der Waals surface area contributed by atoms with Crippen molar-refractivity contribution in [3.8, 4) is 0 Å². The van der Waals surface area contributed by atoms with Gasteiger partial charge in [0.15, 0.2) is 0 Å². The van der Waals surface area contributed by atoms with Crippen LogP contribution in [0.4, 0.5) is 27.6 Å². The molecule has 4 nitrogen and oxygen atoms in total. The molecule has 0 spiro atoms. The second kappa shape index (κ2) is 9.99. The van der Waals surface area contributed by atoms with Crippen LogP contribution in [0.1, 0.15) is 21.5 Å². The van der Waals surface area contributed by atoms with Gasteiger partial charge in [-0.2, -0.15) is 13.2 Å². The van der Waals surface area contributed by atoms with E-state index >= 15 is 0 Å². The van der Waals surface area contributed by atoms with E-state index in [1.807, 2.05) is 0 Å². The molecule has 3 aromatic carbocycles. The van der Waals surface area contributed by atoms with Gasteiger partial charge < -0.3 is 10.2 Å². The van der Waals surface area contributed by atoms with Crippen molar-refractivity contribution < 1.29 is 31.5 Å². The molecule has 2 amide bonds. The standard InChI is InChI=1S/C23H16ClF5N2O2/c24-17-6-4-15(5-7-17)22(33)31(12-14-8-18(25)11-19(26)9-14)13-21(32)30-20-3-1-2-16(10-20)23(27,28)29/h1-11H,12-13H2,(H,30,32). The number of carbonyl (C=O) groups excluding carboxylic acids is 2. The summed E-state index contributed by atoms with van der Waals surface area (Å²) in [5.41, 5.74) is -0.833. The Labute approximate surface area is 190 Å². The summed E-state index contributed by atoms with van der Waals surface area (Å²) in [5, 5.41) is 2.67. The Bertz CT molecular complexity index is 1150. The van der Waals surface area contributed by atoms with Gasteiger partial charge in [0.05, 0.1) is 5.56 Å². The van der Waals surface area contributed by atoms with Gasteiger partial charge in [-0.15, -0.1) is 0 Å². The third-order valence-corrected chi connectivity index (χ3v) is 4.73. The lowest BCUT2D eigenvalue weighted by Gasteiger charge is -2.23. The van der Waals surface area contributed by atoms with Gasteiger partial charge in [0.25, 0.3) is 5.91 Å². The molecule has 0 saturated heterocycles. The SMILES string of the molecule is O=C(CN(Cc1cc(F)cc(F)c1)C(=O)c1ccc(Cl)cc1)Nc1cccc(C(F)(F)F)c1. The van der Waals surface area contributed by atoms with Crippen molar-refractivity contribution in [3.63, 3.8) is 0 Å². The molecule has 0 aliphatic rings. The third-order valence-electron chi connectivity index (χ3n) is 4.48. The van der Waals surface area contributed by atoms with Crippen molar-refractivity contribution in [2.75, 3.05) is 11.9 Å². The zero-order valence-corrected chi connectivity index (χ0v) is 17.6. The van der Waals surface area contributed by atoms with E-state index in [1.165, 1.54) is 30.3 Å². The number of rotatable bonds is 6. The smallest absolute Gasteiger partial charge is 0.325 e. The fourth-order valence-electron chi connectivity index (χ4n) is 3.04. The van der Waals surface area contributed by atoms with Crippen molar-refractivity contribution >= 4 is 29.1 Å². The van der Waals surface area contributed by atoms with E-state index in [4.69, 9.17) is 11.6 Å². The largest absolute Gasteiger partial charge is 0.416 e. The van der Waals surface area contributed by atoms with E-state index < -0.39 is 41.7 Å². The van der Waals surface area contributed by atoms with E-state index in [9.17, 15) is 31.5 Å². The first kappa shape index (κ1) is 24.2. The first-order chi connectivity index (χ1) is 15.5. The molecule has 0 heterocycles. The van der Waals surface area contributed by atoms with E-state index in [2.05, 4.69) is 5.32 Å². The maximum absolute atomic E-state index is 13.6. The fraction of sp³-hybridized carbons (Fsp3) is 0.130. The average molecular weight is 483 g/mol. The fourth-order valence-corrected chi connectivity index (χ4v) is 3.17. The number of alkyl halides is 3. The molecule has 0 atom stereocenters. The summed E-state index contributed by atoms with van der Waals surface area (Å²) in [7, 11) is 0. The highest BCUT2D eigenvalue weighted by Crippen LogP contribution is 2.30. The van der Waals surface area contributed by atoms with Crippen molar-refractivity contribution in [1.82, 2.24) is 4.90 Å². The summed E-state index contributed by atoms with van der Waals surface area (Å²) in [4.78, 5) is 26.5. The van der Waals surface area contributed by atoms with Crippen LogP contribution in [0.3, 0.4) is 0 Å². The van der Waals surface area contributed by atoms with Crippen LogP contribution in [0.25, 0.3) is 0 Å². The van der Waals surface area contributed by atoms with Crippen LogP contribution in [0.5, 0.6) is 0 Å². The molecule has 0 aliphatic heterocycles. The quantitative estimate of drug-likeness (QED) is 0.443. The Morgan fingerprint density at radius 2 is 1.55 bits per heavy atom. The third kappa shape index (κ3) is 6.76. The van der Waals surface area contributed by atoms with Crippen LogP contribution in [0.2, 0.25) is 5.02 Å². The van der Waals surface area contributed by atoms with Crippen molar-refractivity contribution in [3.05, 3.63) is 100 Å². The number of nitrogens with zero attached hydrogens (tertiary/aromatic N) is 1. The lowest BCUT2D eigenvalue weighted by molar-refractivity contribution is -0.137. The molecular weight excluding hydrogens is 467 g/mol. The van der Waals surface area contributed by atoms with Crippen LogP contribution >= 0.6 is 11.6 Å². The highest BCUT2D eigenvalue weighted by atomic mass is 35.5. The lowest BCUT2D eigenvalue weighted by atomic mass is 10.1. The lowest BCUT2D eigenvalue weighted by Crippen LogP contribution is -2.37. The number of hydrogen-bond acceptors (Lipinski definition) is 2. The predicted octanol–water partition coefficient (Wildman–Crippen LogP) is 5.92. The number of amides is 2. The van der Waals surface area contributed by atoms with Crippen LogP contribution < -0.4 is 5.32 Å². The number of anilines is 1. The minimum atomic E-state index is -4.60. The molecule has 33 heavy (non-hydrogen) atoms. The summed E-state index contributed by atoms with van der Waals surface area (Å²) < 4.78 is 65.9. The van der Waals surface area contributed by atoms with Gasteiger partial charge in [-0.3, -0.25) is 9.59 Å². The van der Waals surface area contributed by atoms with E-state index in [-0.39, 0.29) is 23.4 Å². The molecule has 172 valence electrons. The first-order valence-electron chi connectivity index (χ1n) is 9.48. The second-order valence-electron chi connectivity index (χ2n) is 7.07. The van der Waals surface area contributed by atoms with Gasteiger partial charge in [-0.25, -0.2) is 8.78 Å². The summed E-state index contributed by atoms with van der Waals surface area (Å²) in [6.45, 7) is -0.915. The number of benzene rings is 3. The number of halogens is 6. The van der Waals surface area contributed by atoms with Gasteiger partial charge in [0, 0.05) is 28.9 Å². The number of nitrogens with one attached hydrogen (secondary N) is 1. The maximum atomic E-state index is 13.6. The van der Waals surface area contributed by atoms with Gasteiger partial charge in [0.1, 0.15) is 18.2 Å². The highest BCUT2D eigenvalue weighted by molar-refractivity contribution is 6.30. The molecule has 1 N–H and O–H groups in total. The molecule has 10 heteroatoms. The first-order valence-corrected chi connectivity index (χ1v) is 9.86. The zero-order chi connectivity index (χ0) is 24.2. The predicted molar refractivity (Wildman–Crippen MR) is 113 cm³/mol. The van der Waals surface area contributed by atoms with Gasteiger partial charge in [-0.1, -0.05) is 17.7 Å². The van der Waals surface area contributed by atoms with Gasteiger partial charge in [-0.05, 0) is 60.2 Å². The summed E-state index contributed by atoms with van der Waals surface area (Å²) in [5.74, 6) is -3.17. The molecule has 0 radical (unpaired) electrons. The molecule has 0 aliphatic carbocycles. The molecule has 0 aromatic heterocycles. The van der Waals surface area contributed by atoms with E-state index in [1.54, 1.807) is 0 Å². The van der Waals surface area contributed by atoms with Crippen molar-refractivity contribution in [1.29, 1.82) is 0 Å². The van der Waals surface area contributed by atoms with Crippen LogP contribution in [-0.2, 0) is 17.5 Å². The minimum Gasteiger partial charge on any atom is -0.325 e. The molecule has 0 unspecified atom stereocenters. The van der Waals surface area contributed by atoms with E-state index in [0.717, 1.165) is 35.2 Å². The Morgan fingerprint density at radius 3 is 2.15 bits per heavy atom. The van der Waals surface area contributed by atoms with Gasteiger partial charge in [0.2, 0.25) is 5.91 Å². The van der Waals surface area contributed by atoms with Crippen LogP contribution in [0, 0.1) is 11.6 Å². The maximum Gasteiger partial charge on any atom is 0.416 e. The monoisotopic (exact) mass is 482 g/mol. The van der Waals surface area contributed by atoms with Crippen molar-refractivity contribution in [2.45, 2.75) is 12.7 Å². The summed E-state index contributed by atoms with van der Waals surface area (Å²) in [6, 6.07) is 12.4. The Morgan fingerprint density at radius 1 is 0.909 bits per heavy atom. The van der Waals surface area contributed by atoms with Crippen molar-refractivity contribution in [2.24, 2.45) is 0 Å². The molecule has 3 rings (SSSR count). The molecular formula is C23H16ClF5N2O2. The Hall–Kier alpha value is -3.46. The van der Waals surface area contributed by atoms with Crippen LogP contribution in [-0.4, -0.2) is 23.3 Å². The average Bonchev–Trinajstić information content (AvgIpc) is 2.72. The molecule has 0 bridgehead atoms.